The van der Waals surface area contributed by atoms with Crippen LogP contribution in [-0.2, 0) is 4.74 Å². The van der Waals surface area contributed by atoms with E-state index in [1.54, 1.807) is 7.11 Å². The van der Waals surface area contributed by atoms with Gasteiger partial charge in [-0.3, -0.25) is 0 Å². The number of rotatable bonds is 6. The number of β-amino-alcohol motifs (C(OH)–C–C–N with tert-alkyl or cyclic N) is 1. The van der Waals surface area contributed by atoms with Gasteiger partial charge in [-0.2, -0.15) is 0 Å². The second-order valence-corrected chi connectivity index (χ2v) is 4.42. The predicted molar refractivity (Wildman–Crippen MR) is 54.9 cm³/mol. The number of aliphatic hydroxyl groups excluding tert-OH is 1. The molecular formula is C10H23NO2. The summed E-state index contributed by atoms with van der Waals surface area (Å²) in [7, 11) is 1.68. The van der Waals surface area contributed by atoms with Gasteiger partial charge in [-0.1, -0.05) is 0 Å². The van der Waals surface area contributed by atoms with Gasteiger partial charge in [0, 0.05) is 25.8 Å². The van der Waals surface area contributed by atoms with Crippen molar-refractivity contribution in [3.63, 3.8) is 0 Å². The minimum Gasteiger partial charge on any atom is -0.392 e. The number of ether oxygens (including phenoxy) is 1. The minimum absolute atomic E-state index is 0.0856. The topological polar surface area (TPSA) is 41.5 Å². The minimum atomic E-state index is -0.255. The zero-order valence-electron chi connectivity index (χ0n) is 9.26. The van der Waals surface area contributed by atoms with Gasteiger partial charge in [0.25, 0.3) is 0 Å². The van der Waals surface area contributed by atoms with Gasteiger partial charge in [0.05, 0.1) is 6.10 Å². The van der Waals surface area contributed by atoms with Gasteiger partial charge in [0.15, 0.2) is 0 Å². The number of methoxy groups -OCH3 is 1. The van der Waals surface area contributed by atoms with Crippen molar-refractivity contribution in [1.82, 2.24) is 5.32 Å². The average molecular weight is 189 g/mol. The van der Waals surface area contributed by atoms with Crippen molar-refractivity contribution < 1.29 is 9.84 Å². The van der Waals surface area contributed by atoms with Crippen LogP contribution in [0.1, 0.15) is 33.6 Å². The van der Waals surface area contributed by atoms with E-state index in [2.05, 4.69) is 26.1 Å². The van der Waals surface area contributed by atoms with Crippen LogP contribution in [0.15, 0.2) is 0 Å². The Balaban J connectivity index is 3.35. The van der Waals surface area contributed by atoms with Gasteiger partial charge in [-0.15, -0.1) is 0 Å². The highest BCUT2D eigenvalue weighted by molar-refractivity contribution is 4.72. The smallest absolute Gasteiger partial charge is 0.0665 e. The molecule has 0 amide bonds. The van der Waals surface area contributed by atoms with E-state index < -0.39 is 0 Å². The Kier molecular flexibility index (Phi) is 6.29. The molecule has 0 aromatic heterocycles. The molecule has 0 saturated carbocycles. The third-order valence-electron chi connectivity index (χ3n) is 1.75. The molecule has 1 unspecified atom stereocenters. The number of hydrogen-bond acceptors (Lipinski definition) is 3. The molecule has 0 aliphatic rings. The van der Waals surface area contributed by atoms with E-state index >= 15 is 0 Å². The van der Waals surface area contributed by atoms with Crippen molar-refractivity contribution in [2.75, 3.05) is 20.3 Å². The summed E-state index contributed by atoms with van der Waals surface area (Å²) in [5.74, 6) is 0. The molecule has 1 atom stereocenters. The van der Waals surface area contributed by atoms with Crippen molar-refractivity contribution in [2.24, 2.45) is 0 Å². The summed E-state index contributed by atoms with van der Waals surface area (Å²) in [5.41, 5.74) is 0.0856. The lowest BCUT2D eigenvalue weighted by atomic mass is 10.1. The largest absolute Gasteiger partial charge is 0.392 e. The Bertz CT molecular complexity index is 121. The molecular weight excluding hydrogens is 166 g/mol. The number of hydrogen-bond donors (Lipinski definition) is 2. The Hall–Kier alpha value is -0.120. The third-order valence-corrected chi connectivity index (χ3v) is 1.75. The van der Waals surface area contributed by atoms with Crippen LogP contribution in [-0.4, -0.2) is 37.0 Å². The molecule has 0 heterocycles. The Morgan fingerprint density at radius 3 is 2.46 bits per heavy atom. The van der Waals surface area contributed by atoms with Crippen molar-refractivity contribution in [2.45, 2.75) is 45.3 Å². The van der Waals surface area contributed by atoms with E-state index in [-0.39, 0.29) is 11.6 Å². The molecule has 0 aliphatic carbocycles. The molecule has 3 heteroatoms. The molecule has 0 aromatic carbocycles. The Morgan fingerprint density at radius 2 is 2.00 bits per heavy atom. The molecule has 80 valence electrons. The highest BCUT2D eigenvalue weighted by Gasteiger charge is 2.11. The standard InChI is InChI=1S/C10H23NO2/c1-10(2,3)11-8-9(12)6-5-7-13-4/h9,11-12H,5-8H2,1-4H3. The van der Waals surface area contributed by atoms with E-state index in [9.17, 15) is 5.11 Å². The average Bonchev–Trinajstić information content (AvgIpc) is 2.00. The van der Waals surface area contributed by atoms with Crippen LogP contribution in [0.25, 0.3) is 0 Å². The second kappa shape index (κ2) is 6.35. The molecule has 3 nitrogen and oxygen atoms in total. The van der Waals surface area contributed by atoms with Crippen LogP contribution >= 0.6 is 0 Å². The lowest BCUT2D eigenvalue weighted by molar-refractivity contribution is 0.127. The summed E-state index contributed by atoms with van der Waals surface area (Å²) >= 11 is 0. The van der Waals surface area contributed by atoms with Crippen LogP contribution in [0.2, 0.25) is 0 Å². The van der Waals surface area contributed by atoms with Gasteiger partial charge < -0.3 is 15.2 Å². The van der Waals surface area contributed by atoms with Crippen LogP contribution in [0.3, 0.4) is 0 Å². The summed E-state index contributed by atoms with van der Waals surface area (Å²) in [6, 6.07) is 0. The zero-order chi connectivity index (χ0) is 10.3. The molecule has 0 aliphatic heterocycles. The molecule has 0 bridgehead atoms. The van der Waals surface area contributed by atoms with E-state index in [0.29, 0.717) is 6.54 Å². The first-order valence-corrected chi connectivity index (χ1v) is 4.88. The molecule has 0 fully saturated rings. The Labute approximate surface area is 81.5 Å². The maximum Gasteiger partial charge on any atom is 0.0665 e. The predicted octanol–water partition coefficient (Wildman–Crippen LogP) is 1.16. The third kappa shape index (κ3) is 9.80. The van der Waals surface area contributed by atoms with E-state index in [0.717, 1.165) is 19.4 Å². The maximum atomic E-state index is 9.52. The first-order valence-electron chi connectivity index (χ1n) is 4.88. The molecule has 0 spiro atoms. The molecule has 0 radical (unpaired) electrons. The van der Waals surface area contributed by atoms with E-state index in [1.165, 1.54) is 0 Å². The Morgan fingerprint density at radius 1 is 1.38 bits per heavy atom. The highest BCUT2D eigenvalue weighted by Crippen LogP contribution is 2.01. The SMILES string of the molecule is COCCCC(O)CNC(C)(C)C. The van der Waals surface area contributed by atoms with E-state index in [1.807, 2.05) is 0 Å². The second-order valence-electron chi connectivity index (χ2n) is 4.42. The van der Waals surface area contributed by atoms with Crippen molar-refractivity contribution in [3.8, 4) is 0 Å². The molecule has 0 rings (SSSR count). The lowest BCUT2D eigenvalue weighted by Crippen LogP contribution is -2.40. The summed E-state index contributed by atoms with van der Waals surface area (Å²) in [5, 5.41) is 12.8. The fourth-order valence-electron chi connectivity index (χ4n) is 0.989. The van der Waals surface area contributed by atoms with Gasteiger partial charge in [-0.25, -0.2) is 0 Å². The maximum absolute atomic E-state index is 9.52. The lowest BCUT2D eigenvalue weighted by Gasteiger charge is -2.22. The van der Waals surface area contributed by atoms with Gasteiger partial charge in [0.1, 0.15) is 0 Å². The number of aliphatic hydroxyl groups is 1. The summed E-state index contributed by atoms with van der Waals surface area (Å²) in [6.45, 7) is 7.67. The van der Waals surface area contributed by atoms with Gasteiger partial charge >= 0.3 is 0 Å². The molecule has 2 N–H and O–H groups in total. The zero-order valence-corrected chi connectivity index (χ0v) is 9.26. The quantitative estimate of drug-likeness (QED) is 0.616. The first kappa shape index (κ1) is 12.9. The molecule has 0 aromatic rings. The van der Waals surface area contributed by atoms with Crippen molar-refractivity contribution in [3.05, 3.63) is 0 Å². The fourth-order valence-corrected chi connectivity index (χ4v) is 0.989. The van der Waals surface area contributed by atoms with Gasteiger partial charge in [0.2, 0.25) is 0 Å². The summed E-state index contributed by atoms with van der Waals surface area (Å²) < 4.78 is 4.91. The normalized spacial score (nSPS) is 14.5. The number of nitrogens with one attached hydrogen (secondary N) is 1. The van der Waals surface area contributed by atoms with Crippen LogP contribution in [0, 0.1) is 0 Å². The van der Waals surface area contributed by atoms with Crippen molar-refractivity contribution >= 4 is 0 Å². The van der Waals surface area contributed by atoms with Crippen LogP contribution < -0.4 is 5.32 Å². The van der Waals surface area contributed by atoms with Crippen LogP contribution in [0.5, 0.6) is 0 Å². The van der Waals surface area contributed by atoms with Crippen LogP contribution in [0.4, 0.5) is 0 Å². The van der Waals surface area contributed by atoms with Gasteiger partial charge in [-0.05, 0) is 33.6 Å². The molecule has 0 saturated heterocycles. The monoisotopic (exact) mass is 189 g/mol. The summed E-state index contributed by atoms with van der Waals surface area (Å²) in [4.78, 5) is 0. The van der Waals surface area contributed by atoms with E-state index in [4.69, 9.17) is 4.74 Å². The first-order chi connectivity index (χ1) is 5.95. The van der Waals surface area contributed by atoms with Crippen molar-refractivity contribution in [1.29, 1.82) is 0 Å². The summed E-state index contributed by atoms with van der Waals surface area (Å²) in [6.07, 6.45) is 1.47. The fraction of sp³-hybridized carbons (Fsp3) is 1.00. The highest BCUT2D eigenvalue weighted by atomic mass is 16.5. The molecule has 13 heavy (non-hydrogen) atoms.